The molecule has 0 aliphatic carbocycles. The van der Waals surface area contributed by atoms with E-state index < -0.39 is 10.0 Å². The summed E-state index contributed by atoms with van der Waals surface area (Å²) in [6, 6.07) is 4.72. The number of aryl methyl sites for hydroxylation is 1. The van der Waals surface area contributed by atoms with E-state index in [0.717, 1.165) is 5.56 Å². The van der Waals surface area contributed by atoms with Crippen molar-refractivity contribution < 1.29 is 17.9 Å². The van der Waals surface area contributed by atoms with Crippen LogP contribution < -0.4 is 14.8 Å². The predicted octanol–water partition coefficient (Wildman–Crippen LogP) is 1.83. The Balaban J connectivity index is 2.55. The average molecular weight is 342 g/mol. The molecule has 130 valence electrons. The van der Waals surface area contributed by atoms with Crippen LogP contribution in [0.25, 0.3) is 0 Å². The van der Waals surface area contributed by atoms with Crippen LogP contribution in [0.1, 0.15) is 32.8 Å². The van der Waals surface area contributed by atoms with Gasteiger partial charge in [0.05, 0.1) is 11.4 Å². The average Bonchev–Trinajstić information content (AvgIpc) is 2.44. The fourth-order valence-corrected chi connectivity index (χ4v) is 3.14. The highest BCUT2D eigenvalue weighted by atomic mass is 32.2. The lowest BCUT2D eigenvalue weighted by molar-refractivity contribution is -0.121. The molecule has 0 spiro atoms. The Kier molecular flexibility index (Phi) is 7.51. The summed E-state index contributed by atoms with van der Waals surface area (Å²) in [5.41, 5.74) is 0.734. The van der Waals surface area contributed by atoms with Crippen molar-refractivity contribution in [2.24, 2.45) is 5.92 Å². The number of carbonyl (C=O) groups excluding carboxylic acids is 1. The number of amides is 1. The van der Waals surface area contributed by atoms with Crippen molar-refractivity contribution >= 4 is 15.9 Å². The van der Waals surface area contributed by atoms with E-state index in [1.165, 1.54) is 6.07 Å². The first-order valence-corrected chi connectivity index (χ1v) is 9.24. The maximum Gasteiger partial charge on any atom is 0.240 e. The van der Waals surface area contributed by atoms with Crippen molar-refractivity contribution in [1.82, 2.24) is 10.0 Å². The minimum absolute atomic E-state index is 0.00685. The van der Waals surface area contributed by atoms with E-state index in [1.807, 2.05) is 13.8 Å². The second-order valence-corrected chi connectivity index (χ2v) is 7.49. The molecule has 0 atom stereocenters. The Bertz CT molecular complexity index is 627. The van der Waals surface area contributed by atoms with Gasteiger partial charge in [0, 0.05) is 13.0 Å². The van der Waals surface area contributed by atoms with Gasteiger partial charge in [-0.2, -0.15) is 0 Å². The molecular formula is C16H26N2O4S. The topological polar surface area (TPSA) is 84.5 Å². The number of carbonyl (C=O) groups is 1. The van der Waals surface area contributed by atoms with E-state index in [2.05, 4.69) is 10.0 Å². The van der Waals surface area contributed by atoms with Gasteiger partial charge in [0.15, 0.2) is 0 Å². The second kappa shape index (κ2) is 8.88. The molecular weight excluding hydrogens is 316 g/mol. The highest BCUT2D eigenvalue weighted by Gasteiger charge is 2.14. The number of ether oxygens (including phenoxy) is 1. The van der Waals surface area contributed by atoms with Crippen LogP contribution in [0, 0.1) is 12.8 Å². The Labute approximate surface area is 138 Å². The third-order valence-corrected chi connectivity index (χ3v) is 4.61. The maximum atomic E-state index is 11.9. The van der Waals surface area contributed by atoms with Crippen LogP contribution in [0.15, 0.2) is 23.1 Å². The molecule has 6 nitrogen and oxygen atoms in total. The van der Waals surface area contributed by atoms with Gasteiger partial charge in [0.2, 0.25) is 15.9 Å². The molecule has 0 bridgehead atoms. The van der Waals surface area contributed by atoms with Crippen LogP contribution in [0.3, 0.4) is 0 Å². The summed E-state index contributed by atoms with van der Waals surface area (Å²) in [6.07, 6.45) is 0.496. The zero-order valence-electron chi connectivity index (χ0n) is 14.2. The van der Waals surface area contributed by atoms with Crippen LogP contribution in [0.2, 0.25) is 0 Å². The Hall–Kier alpha value is -1.60. The molecule has 7 heteroatoms. The zero-order chi connectivity index (χ0) is 17.5. The molecule has 1 amide bonds. The highest BCUT2D eigenvalue weighted by Crippen LogP contribution is 2.21. The number of benzene rings is 1. The molecule has 0 aromatic heterocycles. The molecule has 0 heterocycles. The Morgan fingerprint density at radius 3 is 2.57 bits per heavy atom. The molecule has 0 radical (unpaired) electrons. The van der Waals surface area contributed by atoms with Crippen molar-refractivity contribution in [3.8, 4) is 5.75 Å². The van der Waals surface area contributed by atoms with Crippen LogP contribution in [0.4, 0.5) is 0 Å². The first-order chi connectivity index (χ1) is 10.8. The molecule has 1 rings (SSSR count). The number of sulfonamides is 1. The molecule has 1 aromatic rings. The lowest BCUT2D eigenvalue weighted by Gasteiger charge is -2.12. The molecule has 0 fully saturated rings. The lowest BCUT2D eigenvalue weighted by Crippen LogP contribution is -2.29. The van der Waals surface area contributed by atoms with Crippen LogP contribution in [-0.4, -0.2) is 34.0 Å². The summed E-state index contributed by atoms with van der Waals surface area (Å²) in [5.74, 6) is 0.940. The van der Waals surface area contributed by atoms with Gasteiger partial charge in [-0.1, -0.05) is 20.8 Å². The number of rotatable bonds is 9. The fourth-order valence-electron chi connectivity index (χ4n) is 2.02. The zero-order valence-corrected chi connectivity index (χ0v) is 15.0. The summed E-state index contributed by atoms with van der Waals surface area (Å²) in [4.78, 5) is 11.7. The van der Waals surface area contributed by atoms with Crippen molar-refractivity contribution in [1.29, 1.82) is 0 Å². The maximum absolute atomic E-state index is 11.9. The summed E-state index contributed by atoms with van der Waals surface area (Å²) in [6.45, 7) is 8.60. The standard InChI is InChI=1S/C16H26N2O4S/c1-5-18-23(20,21)14-6-7-15(13(4)11-14)22-9-8-17-16(19)10-12(2)3/h6-7,11-12,18H,5,8-10H2,1-4H3,(H,17,19). The molecule has 23 heavy (non-hydrogen) atoms. The van der Waals surface area contributed by atoms with Crippen LogP contribution in [-0.2, 0) is 14.8 Å². The highest BCUT2D eigenvalue weighted by molar-refractivity contribution is 7.89. The molecule has 2 N–H and O–H groups in total. The van der Waals surface area contributed by atoms with Crippen molar-refractivity contribution in [2.45, 2.75) is 39.0 Å². The van der Waals surface area contributed by atoms with Crippen molar-refractivity contribution in [2.75, 3.05) is 19.7 Å². The summed E-state index contributed by atoms with van der Waals surface area (Å²) in [5, 5.41) is 2.79. The van der Waals surface area contributed by atoms with E-state index in [9.17, 15) is 13.2 Å². The SMILES string of the molecule is CCNS(=O)(=O)c1ccc(OCCNC(=O)CC(C)C)c(C)c1. The molecule has 0 unspecified atom stereocenters. The van der Waals surface area contributed by atoms with Gasteiger partial charge in [0.1, 0.15) is 12.4 Å². The van der Waals surface area contributed by atoms with Gasteiger partial charge in [0.25, 0.3) is 0 Å². The smallest absolute Gasteiger partial charge is 0.240 e. The fraction of sp³-hybridized carbons (Fsp3) is 0.562. The second-order valence-electron chi connectivity index (χ2n) is 5.73. The molecule has 0 saturated carbocycles. The largest absolute Gasteiger partial charge is 0.491 e. The van der Waals surface area contributed by atoms with Crippen LogP contribution >= 0.6 is 0 Å². The minimum atomic E-state index is -3.46. The predicted molar refractivity (Wildman–Crippen MR) is 90.0 cm³/mol. The number of hydrogen-bond acceptors (Lipinski definition) is 4. The first-order valence-electron chi connectivity index (χ1n) is 7.76. The summed E-state index contributed by atoms with van der Waals surface area (Å²) < 4.78 is 31.9. The van der Waals surface area contributed by atoms with Gasteiger partial charge in [-0.25, -0.2) is 13.1 Å². The molecule has 0 aliphatic rings. The van der Waals surface area contributed by atoms with E-state index in [4.69, 9.17) is 4.74 Å². The van der Waals surface area contributed by atoms with Gasteiger partial charge in [-0.15, -0.1) is 0 Å². The first kappa shape index (κ1) is 19.4. The molecule has 1 aromatic carbocycles. The third-order valence-electron chi connectivity index (χ3n) is 3.07. The molecule has 0 saturated heterocycles. The monoisotopic (exact) mass is 342 g/mol. The van der Waals surface area contributed by atoms with E-state index >= 15 is 0 Å². The third kappa shape index (κ3) is 6.58. The van der Waals surface area contributed by atoms with Crippen LogP contribution in [0.5, 0.6) is 5.75 Å². The van der Waals surface area contributed by atoms with E-state index in [1.54, 1.807) is 26.0 Å². The van der Waals surface area contributed by atoms with Crippen molar-refractivity contribution in [3.05, 3.63) is 23.8 Å². The van der Waals surface area contributed by atoms with Gasteiger partial charge in [-0.05, 0) is 36.6 Å². The van der Waals surface area contributed by atoms with Gasteiger partial charge < -0.3 is 10.1 Å². The summed E-state index contributed by atoms with van der Waals surface area (Å²) in [7, 11) is -3.46. The lowest BCUT2D eigenvalue weighted by atomic mass is 10.1. The van der Waals surface area contributed by atoms with E-state index in [0.29, 0.717) is 37.8 Å². The number of hydrogen-bond donors (Lipinski definition) is 2. The number of nitrogens with one attached hydrogen (secondary N) is 2. The van der Waals surface area contributed by atoms with E-state index in [-0.39, 0.29) is 10.8 Å². The Morgan fingerprint density at radius 2 is 2.00 bits per heavy atom. The quantitative estimate of drug-likeness (QED) is 0.671. The normalized spacial score (nSPS) is 11.5. The van der Waals surface area contributed by atoms with Crippen molar-refractivity contribution in [3.63, 3.8) is 0 Å². The summed E-state index contributed by atoms with van der Waals surface area (Å²) >= 11 is 0. The van der Waals surface area contributed by atoms with Gasteiger partial charge in [-0.3, -0.25) is 4.79 Å². The Morgan fingerprint density at radius 1 is 1.30 bits per heavy atom. The van der Waals surface area contributed by atoms with Gasteiger partial charge >= 0.3 is 0 Å². The minimum Gasteiger partial charge on any atom is -0.491 e. The molecule has 0 aliphatic heterocycles.